The van der Waals surface area contributed by atoms with Crippen LogP contribution in [0.25, 0.3) is 0 Å². The molecule has 3 aliphatic carbocycles. The van der Waals surface area contributed by atoms with Gasteiger partial charge < -0.3 is 38.3 Å². The Bertz CT molecular complexity index is 1480. The van der Waals surface area contributed by atoms with Crippen molar-refractivity contribution in [1.29, 1.82) is 0 Å². The second-order valence-electron chi connectivity index (χ2n) is 15.6. The third-order valence-electron chi connectivity index (χ3n) is 13.2. The molecule has 2 saturated carbocycles. The van der Waals surface area contributed by atoms with Crippen molar-refractivity contribution >= 4 is 20.3 Å². The van der Waals surface area contributed by atoms with E-state index in [0.717, 1.165) is 29.3 Å². The lowest BCUT2D eigenvalue weighted by atomic mass is 9.44. The van der Waals surface area contributed by atoms with Crippen LogP contribution in [0.15, 0.2) is 54.1 Å². The van der Waals surface area contributed by atoms with E-state index in [1.165, 1.54) is 6.92 Å². The van der Waals surface area contributed by atoms with Crippen LogP contribution in [0.2, 0.25) is 18.1 Å². The van der Waals surface area contributed by atoms with E-state index in [2.05, 4.69) is 27.4 Å². The molecule has 1 aromatic carbocycles. The number of aliphatic hydroxyl groups is 2. The Morgan fingerprint density at radius 1 is 1.08 bits per heavy atom. The van der Waals surface area contributed by atoms with Gasteiger partial charge in [-0.05, 0) is 54.4 Å². The van der Waals surface area contributed by atoms with Gasteiger partial charge in [-0.3, -0.25) is 4.79 Å². The van der Waals surface area contributed by atoms with Gasteiger partial charge in [0.05, 0.1) is 36.4 Å². The Hall–Kier alpha value is -2.38. The fourth-order valence-corrected chi connectivity index (χ4v) is 12.9. The minimum atomic E-state index is -2.24. The van der Waals surface area contributed by atoms with Gasteiger partial charge in [-0.25, -0.2) is 4.79 Å². The molecule has 5 aliphatic rings. The molecule has 0 radical (unpaired) electrons. The molecule has 49 heavy (non-hydrogen) atoms. The first-order valence-electron chi connectivity index (χ1n) is 17.9. The summed E-state index contributed by atoms with van der Waals surface area (Å²) in [7, 11) is -2.24. The number of carbonyl (C=O) groups excluding carboxylic acids is 2. The third-order valence-corrected chi connectivity index (χ3v) is 17.8. The summed E-state index contributed by atoms with van der Waals surface area (Å²) in [5.41, 5.74) is -3.41. The zero-order chi connectivity index (χ0) is 35.7. The summed E-state index contributed by atoms with van der Waals surface area (Å²) >= 11 is 0. The number of rotatable bonds is 9. The topological polar surface area (TPSA) is 130 Å². The average molecular weight is 699 g/mol. The highest BCUT2D eigenvalue weighted by atomic mass is 28.4. The monoisotopic (exact) mass is 698 g/mol. The largest absolute Gasteiger partial charge is 0.455 e. The molecule has 2 heterocycles. The SMILES string of the molecule is C=C[C@@H]1O[C@@H]2C3=C(C)[C@@H](O[Si](CC)(CC)CC)C[C@@](O)([C@@H](OC(=O)c4ccccc4)[C@@H]4[C@]5(OC(C)=O)CO[C@@H]5C[C@H](O)[C@@]4(C)[C@@H]2O1)C3(C)C. The second kappa shape index (κ2) is 12.7. The number of esters is 2. The van der Waals surface area contributed by atoms with Crippen LogP contribution in [0.4, 0.5) is 0 Å². The number of fused-ring (bicyclic) bond motifs is 8. The van der Waals surface area contributed by atoms with Crippen molar-refractivity contribution < 1.29 is 47.9 Å². The molecule has 270 valence electrons. The van der Waals surface area contributed by atoms with E-state index in [-0.39, 0.29) is 19.4 Å². The Balaban J connectivity index is 1.66. The molecular formula is C38H54O10Si. The predicted molar refractivity (Wildman–Crippen MR) is 184 cm³/mol. The summed E-state index contributed by atoms with van der Waals surface area (Å²) < 4.78 is 39.5. The molecular weight excluding hydrogens is 644 g/mol. The molecule has 2 aliphatic heterocycles. The molecule has 2 saturated heterocycles. The van der Waals surface area contributed by atoms with Gasteiger partial charge in [-0.2, -0.15) is 0 Å². The highest BCUT2D eigenvalue weighted by molar-refractivity contribution is 6.73. The fourth-order valence-electron chi connectivity index (χ4n) is 10.0. The summed E-state index contributed by atoms with van der Waals surface area (Å²) in [6.45, 7) is 19.6. The number of aliphatic hydroxyl groups excluding tert-OH is 1. The summed E-state index contributed by atoms with van der Waals surface area (Å²) in [6, 6.07) is 11.3. The minimum Gasteiger partial charge on any atom is -0.455 e. The maximum atomic E-state index is 14.2. The van der Waals surface area contributed by atoms with Crippen LogP contribution < -0.4 is 0 Å². The van der Waals surface area contributed by atoms with Crippen molar-refractivity contribution in [1.82, 2.24) is 0 Å². The number of hydrogen-bond acceptors (Lipinski definition) is 10. The lowest BCUT2D eigenvalue weighted by Gasteiger charge is -2.69. The molecule has 0 unspecified atom stereocenters. The number of ether oxygens (including phenoxy) is 5. The first-order chi connectivity index (χ1) is 23.1. The zero-order valence-electron chi connectivity index (χ0n) is 30.2. The molecule has 11 atom stereocenters. The number of carbonyl (C=O) groups is 2. The summed E-state index contributed by atoms with van der Waals surface area (Å²) in [6.07, 6.45) is -4.08. The lowest BCUT2D eigenvalue weighted by Crippen LogP contribution is -2.82. The van der Waals surface area contributed by atoms with E-state index in [0.29, 0.717) is 5.56 Å². The molecule has 2 N–H and O–H groups in total. The van der Waals surface area contributed by atoms with Crippen LogP contribution in [0.5, 0.6) is 0 Å². The van der Waals surface area contributed by atoms with Crippen LogP contribution in [0.1, 0.15) is 78.6 Å². The Morgan fingerprint density at radius 2 is 1.73 bits per heavy atom. The van der Waals surface area contributed by atoms with Gasteiger partial charge >= 0.3 is 11.9 Å². The predicted octanol–water partition coefficient (Wildman–Crippen LogP) is 5.48. The van der Waals surface area contributed by atoms with Crippen molar-refractivity contribution in [2.75, 3.05) is 6.61 Å². The van der Waals surface area contributed by atoms with Crippen molar-refractivity contribution in [2.45, 2.75) is 140 Å². The molecule has 0 aromatic heterocycles. The summed E-state index contributed by atoms with van der Waals surface area (Å²) in [5.74, 6) is -2.15. The van der Waals surface area contributed by atoms with Crippen molar-refractivity contribution in [3.05, 3.63) is 59.7 Å². The summed E-state index contributed by atoms with van der Waals surface area (Å²) in [5, 5.41) is 25.9. The van der Waals surface area contributed by atoms with E-state index in [4.69, 9.17) is 28.1 Å². The Labute approximate surface area is 291 Å². The number of benzene rings is 1. The Kier molecular flexibility index (Phi) is 9.42. The molecule has 10 nitrogen and oxygen atoms in total. The standard InChI is InChI=1S/C38H54O10Si/c1-10-28-44-30-29-22(5)25(48-49(11-2,12-3)13-4)20-38(42,35(29,7)8)33(46-34(41)24-17-15-14-16-18-24)31-36(9,32(30)45-28)26(40)19-27-37(31,21-43-27)47-23(6)39/h10,14-18,25-28,30-33,40,42H,1,11-13,19-21H2,2-9H3/t25-,26-,27+,28+,30+,31-,32+,33-,36+,37-,38+/m0/s1. The van der Waals surface area contributed by atoms with Crippen molar-refractivity contribution in [3.8, 4) is 0 Å². The highest BCUT2D eigenvalue weighted by Crippen LogP contribution is 2.66. The molecule has 4 fully saturated rings. The highest BCUT2D eigenvalue weighted by Gasteiger charge is 2.79. The molecule has 0 spiro atoms. The molecule has 11 heteroatoms. The van der Waals surface area contributed by atoms with Crippen LogP contribution in [-0.2, 0) is 32.9 Å². The van der Waals surface area contributed by atoms with Crippen LogP contribution >= 0.6 is 0 Å². The van der Waals surface area contributed by atoms with E-state index in [9.17, 15) is 19.8 Å². The maximum absolute atomic E-state index is 14.2. The first kappa shape index (κ1) is 36.4. The zero-order valence-corrected chi connectivity index (χ0v) is 31.2. The lowest BCUT2D eigenvalue weighted by molar-refractivity contribution is -0.361. The summed E-state index contributed by atoms with van der Waals surface area (Å²) in [4.78, 5) is 27.2. The van der Waals surface area contributed by atoms with Gasteiger partial charge in [0, 0.05) is 30.6 Å². The van der Waals surface area contributed by atoms with Crippen molar-refractivity contribution in [2.24, 2.45) is 16.7 Å². The van der Waals surface area contributed by atoms with Crippen LogP contribution in [0, 0.1) is 16.7 Å². The van der Waals surface area contributed by atoms with E-state index >= 15 is 0 Å². The van der Waals surface area contributed by atoms with E-state index < -0.39 is 91.1 Å². The third kappa shape index (κ3) is 5.25. The maximum Gasteiger partial charge on any atom is 0.338 e. The Morgan fingerprint density at radius 3 is 2.29 bits per heavy atom. The van der Waals surface area contributed by atoms with Gasteiger partial charge in [0.25, 0.3) is 0 Å². The average Bonchev–Trinajstić information content (AvgIpc) is 3.50. The molecule has 0 amide bonds. The van der Waals surface area contributed by atoms with Gasteiger partial charge in [0.2, 0.25) is 0 Å². The van der Waals surface area contributed by atoms with Crippen LogP contribution in [-0.4, -0.2) is 91.2 Å². The van der Waals surface area contributed by atoms with Gasteiger partial charge in [-0.1, -0.05) is 66.3 Å². The second-order valence-corrected chi connectivity index (χ2v) is 20.3. The normalized spacial score (nSPS) is 40.9. The van der Waals surface area contributed by atoms with Crippen molar-refractivity contribution in [3.63, 3.8) is 0 Å². The minimum absolute atomic E-state index is 0.00241. The van der Waals surface area contributed by atoms with E-state index in [1.54, 1.807) is 30.3 Å². The smallest absolute Gasteiger partial charge is 0.338 e. The molecule has 2 bridgehead atoms. The van der Waals surface area contributed by atoms with Gasteiger partial charge in [0.1, 0.15) is 23.9 Å². The molecule has 6 rings (SSSR count). The first-order valence-corrected chi connectivity index (χ1v) is 20.4. The molecule has 1 aromatic rings. The van der Waals surface area contributed by atoms with Gasteiger partial charge in [-0.15, -0.1) is 0 Å². The number of hydrogen-bond donors (Lipinski definition) is 2. The van der Waals surface area contributed by atoms with E-state index in [1.807, 2.05) is 33.8 Å². The fraction of sp³-hybridized carbons (Fsp3) is 0.684. The quantitative estimate of drug-likeness (QED) is 0.194. The van der Waals surface area contributed by atoms with Crippen LogP contribution in [0.3, 0.4) is 0 Å². The van der Waals surface area contributed by atoms with Gasteiger partial charge in [0.15, 0.2) is 20.2 Å².